The average molecular weight is 288 g/mol. The molecule has 0 radical (unpaired) electrons. The molecule has 1 N–H and O–H groups in total. The van der Waals surface area contributed by atoms with Crippen LogP contribution < -0.4 is 5.32 Å². The van der Waals surface area contributed by atoms with Gasteiger partial charge in [-0.25, -0.2) is 0 Å². The summed E-state index contributed by atoms with van der Waals surface area (Å²) in [4.78, 5) is 6.72. The van der Waals surface area contributed by atoms with Crippen LogP contribution in [0.5, 0.6) is 0 Å². The molecule has 0 spiro atoms. The van der Waals surface area contributed by atoms with Gasteiger partial charge in [-0.3, -0.25) is 4.90 Å². The molecule has 0 aliphatic carbocycles. The summed E-state index contributed by atoms with van der Waals surface area (Å²) >= 11 is 0. The van der Waals surface area contributed by atoms with Gasteiger partial charge in [-0.15, -0.1) is 0 Å². The fourth-order valence-electron chi connectivity index (χ4n) is 2.26. The van der Waals surface area contributed by atoms with Crippen LogP contribution in [0.3, 0.4) is 0 Å². The maximum absolute atomic E-state index is 5.32. The van der Waals surface area contributed by atoms with E-state index < -0.39 is 0 Å². The van der Waals surface area contributed by atoms with Crippen LogP contribution in [0.15, 0.2) is 28.8 Å². The third-order valence-electron chi connectivity index (χ3n) is 3.54. The van der Waals surface area contributed by atoms with E-state index in [9.17, 15) is 0 Å². The highest BCUT2D eigenvalue weighted by molar-refractivity contribution is 5.55. The lowest BCUT2D eigenvalue weighted by atomic mass is 10.1. The third-order valence-corrected chi connectivity index (χ3v) is 3.54. The van der Waals surface area contributed by atoms with Gasteiger partial charge in [0.05, 0.1) is 13.2 Å². The summed E-state index contributed by atoms with van der Waals surface area (Å²) in [5.41, 5.74) is 2.18. The Balaban J connectivity index is 1.51. The minimum atomic E-state index is 0.471. The predicted octanol–water partition coefficient (Wildman–Crippen LogP) is 1.79. The zero-order valence-electron chi connectivity index (χ0n) is 12.2. The molecule has 6 nitrogen and oxygen atoms in total. The minimum absolute atomic E-state index is 0.471. The van der Waals surface area contributed by atoms with Crippen molar-refractivity contribution in [2.24, 2.45) is 0 Å². The fourth-order valence-corrected chi connectivity index (χ4v) is 2.26. The van der Waals surface area contributed by atoms with E-state index in [0.717, 1.165) is 45.0 Å². The third kappa shape index (κ3) is 3.80. The first kappa shape index (κ1) is 14.0. The first-order valence-corrected chi connectivity index (χ1v) is 7.26. The fraction of sp³-hybridized carbons (Fsp3) is 0.467. The molecule has 6 heteroatoms. The first-order valence-electron chi connectivity index (χ1n) is 7.26. The van der Waals surface area contributed by atoms with Crippen molar-refractivity contribution >= 4 is 6.01 Å². The molecule has 0 bridgehead atoms. The summed E-state index contributed by atoms with van der Waals surface area (Å²) < 4.78 is 10.5. The summed E-state index contributed by atoms with van der Waals surface area (Å²) in [6.45, 7) is 7.40. The summed E-state index contributed by atoms with van der Waals surface area (Å²) in [6, 6.07) is 8.54. The largest absolute Gasteiger partial charge is 0.379 e. The number of nitrogens with one attached hydrogen (secondary N) is 1. The highest BCUT2D eigenvalue weighted by Crippen LogP contribution is 2.17. The quantitative estimate of drug-likeness (QED) is 0.905. The van der Waals surface area contributed by atoms with Crippen LogP contribution in [0.1, 0.15) is 5.56 Å². The Bertz CT molecular complexity index is 561. The minimum Gasteiger partial charge on any atom is -0.379 e. The van der Waals surface area contributed by atoms with E-state index >= 15 is 0 Å². The van der Waals surface area contributed by atoms with Crippen molar-refractivity contribution in [1.82, 2.24) is 15.0 Å². The highest BCUT2D eigenvalue weighted by Gasteiger charge is 2.11. The SMILES string of the molecule is Cc1ccc(-c2noc(NCCN3CCOCC3)n2)cc1. The van der Waals surface area contributed by atoms with E-state index in [2.05, 4.69) is 27.3 Å². The Morgan fingerprint density at radius 1 is 1.19 bits per heavy atom. The highest BCUT2D eigenvalue weighted by atomic mass is 16.5. The maximum Gasteiger partial charge on any atom is 0.321 e. The molecule has 2 heterocycles. The zero-order valence-corrected chi connectivity index (χ0v) is 12.2. The Labute approximate surface area is 124 Å². The molecule has 1 aliphatic rings. The van der Waals surface area contributed by atoms with Gasteiger partial charge in [0.25, 0.3) is 0 Å². The lowest BCUT2D eigenvalue weighted by molar-refractivity contribution is 0.0398. The number of rotatable bonds is 5. The molecule has 0 unspecified atom stereocenters. The Morgan fingerprint density at radius 2 is 1.95 bits per heavy atom. The number of benzene rings is 1. The number of ether oxygens (including phenoxy) is 1. The van der Waals surface area contributed by atoms with Crippen molar-refractivity contribution in [3.63, 3.8) is 0 Å². The zero-order chi connectivity index (χ0) is 14.5. The standard InChI is InChI=1S/C15H20N4O2/c1-12-2-4-13(5-3-12)14-17-15(21-18-14)16-6-7-19-8-10-20-11-9-19/h2-5H,6-11H2,1H3,(H,16,17,18). The van der Waals surface area contributed by atoms with E-state index in [-0.39, 0.29) is 0 Å². The number of nitrogens with zero attached hydrogens (tertiary/aromatic N) is 3. The first-order chi connectivity index (χ1) is 10.3. The van der Waals surface area contributed by atoms with Gasteiger partial charge < -0.3 is 14.6 Å². The summed E-state index contributed by atoms with van der Waals surface area (Å²) in [7, 11) is 0. The molecule has 21 heavy (non-hydrogen) atoms. The van der Waals surface area contributed by atoms with Crippen molar-refractivity contribution in [2.75, 3.05) is 44.7 Å². The number of hydrogen-bond donors (Lipinski definition) is 1. The van der Waals surface area contributed by atoms with Crippen LogP contribution in [-0.4, -0.2) is 54.4 Å². The van der Waals surface area contributed by atoms with Crippen molar-refractivity contribution in [3.05, 3.63) is 29.8 Å². The van der Waals surface area contributed by atoms with E-state index in [1.165, 1.54) is 5.56 Å². The van der Waals surface area contributed by atoms with Gasteiger partial charge in [-0.1, -0.05) is 35.0 Å². The molecule has 2 aromatic rings. The molecule has 0 atom stereocenters. The molecular formula is C15H20N4O2. The molecule has 1 aliphatic heterocycles. The van der Waals surface area contributed by atoms with Gasteiger partial charge in [0.2, 0.25) is 5.82 Å². The second kappa shape index (κ2) is 6.69. The van der Waals surface area contributed by atoms with Gasteiger partial charge in [-0.2, -0.15) is 4.98 Å². The van der Waals surface area contributed by atoms with Gasteiger partial charge in [0.1, 0.15) is 0 Å². The maximum atomic E-state index is 5.32. The van der Waals surface area contributed by atoms with E-state index in [0.29, 0.717) is 11.8 Å². The van der Waals surface area contributed by atoms with Crippen LogP contribution >= 0.6 is 0 Å². The molecule has 3 rings (SSSR count). The van der Waals surface area contributed by atoms with E-state index in [4.69, 9.17) is 9.26 Å². The van der Waals surface area contributed by atoms with Gasteiger partial charge >= 0.3 is 6.01 Å². The van der Waals surface area contributed by atoms with E-state index in [1.807, 2.05) is 24.3 Å². The molecule has 1 saturated heterocycles. The van der Waals surface area contributed by atoms with Gasteiger partial charge in [0.15, 0.2) is 0 Å². The van der Waals surface area contributed by atoms with E-state index in [1.54, 1.807) is 0 Å². The van der Waals surface area contributed by atoms with Crippen LogP contribution in [0, 0.1) is 6.92 Å². The molecule has 1 aromatic heterocycles. The Kier molecular flexibility index (Phi) is 4.47. The van der Waals surface area contributed by atoms with Crippen molar-refractivity contribution in [3.8, 4) is 11.4 Å². The molecule has 112 valence electrons. The second-order valence-electron chi connectivity index (χ2n) is 5.17. The predicted molar refractivity (Wildman–Crippen MR) is 80.2 cm³/mol. The lowest BCUT2D eigenvalue weighted by Gasteiger charge is -2.26. The molecule has 1 fully saturated rings. The van der Waals surface area contributed by atoms with Crippen molar-refractivity contribution < 1.29 is 9.26 Å². The molecular weight excluding hydrogens is 268 g/mol. The second-order valence-corrected chi connectivity index (χ2v) is 5.17. The topological polar surface area (TPSA) is 63.4 Å². The molecule has 1 aromatic carbocycles. The van der Waals surface area contributed by atoms with Crippen LogP contribution in [-0.2, 0) is 4.74 Å². The number of morpholine rings is 1. The van der Waals surface area contributed by atoms with Crippen LogP contribution in [0.25, 0.3) is 11.4 Å². The number of aryl methyl sites for hydroxylation is 1. The summed E-state index contributed by atoms with van der Waals surface area (Å²) in [5, 5.41) is 7.17. The Hall–Kier alpha value is -1.92. The number of hydrogen-bond acceptors (Lipinski definition) is 6. The van der Waals surface area contributed by atoms with Gasteiger partial charge in [0, 0.05) is 31.7 Å². The van der Waals surface area contributed by atoms with Gasteiger partial charge in [-0.05, 0) is 6.92 Å². The monoisotopic (exact) mass is 288 g/mol. The molecule has 0 saturated carbocycles. The number of anilines is 1. The molecule has 0 amide bonds. The average Bonchev–Trinajstić information content (AvgIpc) is 2.98. The van der Waals surface area contributed by atoms with Crippen LogP contribution in [0.4, 0.5) is 6.01 Å². The Morgan fingerprint density at radius 3 is 2.71 bits per heavy atom. The van der Waals surface area contributed by atoms with Crippen molar-refractivity contribution in [1.29, 1.82) is 0 Å². The summed E-state index contributed by atoms with van der Waals surface area (Å²) in [6.07, 6.45) is 0. The lowest BCUT2D eigenvalue weighted by Crippen LogP contribution is -2.39. The van der Waals surface area contributed by atoms with Crippen LogP contribution in [0.2, 0.25) is 0 Å². The van der Waals surface area contributed by atoms with Crippen molar-refractivity contribution in [2.45, 2.75) is 6.92 Å². The summed E-state index contributed by atoms with van der Waals surface area (Å²) in [5.74, 6) is 0.615. The number of aromatic nitrogens is 2. The smallest absolute Gasteiger partial charge is 0.321 e. The normalized spacial score (nSPS) is 16.0.